The maximum Gasteiger partial charge on any atom is 0.191 e. The molecule has 1 atom stereocenters. The molecule has 0 saturated carbocycles. The van der Waals surface area contributed by atoms with Gasteiger partial charge in [0.1, 0.15) is 15.7 Å². The molecule has 9 heteroatoms. The van der Waals surface area contributed by atoms with Crippen LogP contribution in [0.3, 0.4) is 0 Å². The number of guanidine groups is 1. The van der Waals surface area contributed by atoms with E-state index in [2.05, 4.69) is 15.6 Å². The van der Waals surface area contributed by atoms with E-state index in [0.717, 1.165) is 5.56 Å². The van der Waals surface area contributed by atoms with E-state index in [9.17, 15) is 12.8 Å². The standard InChI is InChI=1S/C15H23ClFN3O2S.HI/c1-11(7-9-23(3,21)22)20-15(18-2)19-8-6-12-4-5-13(17)10-14(12)16;/h4-5,10-11H,6-9H2,1-3H3,(H2,18,19,20);1H. The average molecular weight is 492 g/mol. The Bertz CT molecular complexity index is 656. The Morgan fingerprint density at radius 1 is 1.42 bits per heavy atom. The molecular weight excluding hydrogens is 468 g/mol. The molecule has 1 unspecified atom stereocenters. The Balaban J connectivity index is 0.00000529. The molecule has 2 N–H and O–H groups in total. The van der Waals surface area contributed by atoms with Crippen LogP contribution in [-0.4, -0.2) is 46.0 Å². The molecule has 0 saturated heterocycles. The normalized spacial score (nSPS) is 13.1. The molecule has 0 fully saturated rings. The molecule has 1 aromatic carbocycles. The van der Waals surface area contributed by atoms with Gasteiger partial charge in [0.05, 0.1) is 5.75 Å². The number of hydrogen-bond acceptors (Lipinski definition) is 3. The Morgan fingerprint density at radius 2 is 2.08 bits per heavy atom. The number of nitrogens with one attached hydrogen (secondary N) is 2. The number of sulfone groups is 1. The van der Waals surface area contributed by atoms with E-state index >= 15 is 0 Å². The number of aliphatic imine (C=N–C) groups is 1. The predicted octanol–water partition coefficient (Wildman–Crippen LogP) is 2.63. The van der Waals surface area contributed by atoms with Crippen LogP contribution in [-0.2, 0) is 16.3 Å². The highest BCUT2D eigenvalue weighted by Gasteiger charge is 2.09. The summed E-state index contributed by atoms with van der Waals surface area (Å²) in [5.41, 5.74) is 0.848. The molecule has 5 nitrogen and oxygen atoms in total. The lowest BCUT2D eigenvalue weighted by Gasteiger charge is -2.17. The Labute approximate surface area is 165 Å². The van der Waals surface area contributed by atoms with E-state index < -0.39 is 9.84 Å². The van der Waals surface area contributed by atoms with Crippen molar-refractivity contribution in [3.63, 3.8) is 0 Å². The molecular formula is C15H24ClFIN3O2S. The summed E-state index contributed by atoms with van der Waals surface area (Å²) in [4.78, 5) is 4.09. The lowest BCUT2D eigenvalue weighted by Crippen LogP contribution is -2.43. The molecule has 0 spiro atoms. The molecule has 0 amide bonds. The predicted molar refractivity (Wildman–Crippen MR) is 109 cm³/mol. The SMILES string of the molecule is CN=C(NCCc1ccc(F)cc1Cl)NC(C)CCS(C)(=O)=O.I. The number of benzene rings is 1. The fourth-order valence-electron chi connectivity index (χ4n) is 1.93. The van der Waals surface area contributed by atoms with Crippen LogP contribution in [0.5, 0.6) is 0 Å². The van der Waals surface area contributed by atoms with Gasteiger partial charge in [0.25, 0.3) is 0 Å². The van der Waals surface area contributed by atoms with Crippen molar-refractivity contribution in [3.8, 4) is 0 Å². The van der Waals surface area contributed by atoms with Crippen molar-refractivity contribution in [1.82, 2.24) is 10.6 Å². The topological polar surface area (TPSA) is 70.6 Å². The molecule has 0 aliphatic heterocycles. The third-order valence-corrected chi connectivity index (χ3v) is 4.56. The second-order valence-electron chi connectivity index (χ2n) is 5.45. The maximum absolute atomic E-state index is 13.0. The van der Waals surface area contributed by atoms with Crippen molar-refractivity contribution in [3.05, 3.63) is 34.6 Å². The van der Waals surface area contributed by atoms with Crippen LogP contribution in [0.15, 0.2) is 23.2 Å². The summed E-state index contributed by atoms with van der Waals surface area (Å²) < 4.78 is 35.3. The highest BCUT2D eigenvalue weighted by Crippen LogP contribution is 2.17. The van der Waals surface area contributed by atoms with Crippen LogP contribution in [0.2, 0.25) is 5.02 Å². The van der Waals surface area contributed by atoms with Crippen molar-refractivity contribution in [2.45, 2.75) is 25.8 Å². The molecule has 0 radical (unpaired) electrons. The quantitative estimate of drug-likeness (QED) is 0.349. The minimum absolute atomic E-state index is 0. The number of rotatable bonds is 7. The highest BCUT2D eigenvalue weighted by atomic mass is 127. The zero-order valence-corrected chi connectivity index (χ0v) is 17.9. The third kappa shape index (κ3) is 9.63. The summed E-state index contributed by atoms with van der Waals surface area (Å²) >= 11 is 5.98. The maximum atomic E-state index is 13.0. The Kier molecular flexibility index (Phi) is 10.8. The molecule has 0 bridgehead atoms. The van der Waals surface area contributed by atoms with Crippen LogP contribution in [0.25, 0.3) is 0 Å². The van der Waals surface area contributed by atoms with Crippen LogP contribution in [0, 0.1) is 5.82 Å². The number of halogens is 3. The summed E-state index contributed by atoms with van der Waals surface area (Å²) in [6, 6.07) is 4.30. The van der Waals surface area contributed by atoms with Crippen molar-refractivity contribution in [1.29, 1.82) is 0 Å². The number of nitrogens with zero attached hydrogens (tertiary/aromatic N) is 1. The van der Waals surface area contributed by atoms with E-state index in [1.807, 2.05) is 6.92 Å². The van der Waals surface area contributed by atoms with Crippen molar-refractivity contribution >= 4 is 51.4 Å². The molecule has 0 aliphatic rings. The summed E-state index contributed by atoms with van der Waals surface area (Å²) in [5.74, 6) is 0.358. The van der Waals surface area contributed by atoms with Gasteiger partial charge in [-0.1, -0.05) is 17.7 Å². The van der Waals surface area contributed by atoms with Gasteiger partial charge in [-0.2, -0.15) is 0 Å². The highest BCUT2D eigenvalue weighted by molar-refractivity contribution is 14.0. The zero-order chi connectivity index (χ0) is 17.5. The van der Waals surface area contributed by atoms with Gasteiger partial charge in [-0.25, -0.2) is 12.8 Å². The Morgan fingerprint density at radius 3 is 2.62 bits per heavy atom. The summed E-state index contributed by atoms with van der Waals surface area (Å²) in [7, 11) is -1.33. The van der Waals surface area contributed by atoms with Gasteiger partial charge in [0.2, 0.25) is 0 Å². The van der Waals surface area contributed by atoms with Crippen molar-refractivity contribution < 1.29 is 12.8 Å². The largest absolute Gasteiger partial charge is 0.356 e. The fraction of sp³-hybridized carbons (Fsp3) is 0.533. The van der Waals surface area contributed by atoms with Crippen molar-refractivity contribution in [2.24, 2.45) is 4.99 Å². The first kappa shape index (κ1) is 23.4. The second kappa shape index (κ2) is 11.1. The molecule has 1 rings (SSSR count). The molecule has 1 aromatic rings. The van der Waals surface area contributed by atoms with Gasteiger partial charge in [-0.15, -0.1) is 24.0 Å². The molecule has 24 heavy (non-hydrogen) atoms. The van der Waals surface area contributed by atoms with E-state index in [4.69, 9.17) is 11.6 Å². The lowest BCUT2D eigenvalue weighted by molar-refractivity contribution is 0.581. The molecule has 0 aliphatic carbocycles. The number of hydrogen-bond donors (Lipinski definition) is 2. The summed E-state index contributed by atoms with van der Waals surface area (Å²) in [5, 5.41) is 6.65. The average Bonchev–Trinajstić information content (AvgIpc) is 2.45. The van der Waals surface area contributed by atoms with Gasteiger partial charge in [0, 0.05) is 30.9 Å². The van der Waals surface area contributed by atoms with E-state index in [-0.39, 0.29) is 41.6 Å². The van der Waals surface area contributed by atoms with E-state index in [0.29, 0.717) is 30.4 Å². The van der Waals surface area contributed by atoms with Gasteiger partial charge in [-0.3, -0.25) is 4.99 Å². The molecule has 0 heterocycles. The van der Waals surface area contributed by atoms with Gasteiger partial charge in [-0.05, 0) is 37.5 Å². The van der Waals surface area contributed by atoms with Crippen LogP contribution < -0.4 is 10.6 Å². The van der Waals surface area contributed by atoms with Crippen molar-refractivity contribution in [2.75, 3.05) is 25.6 Å². The fourth-order valence-corrected chi connectivity index (χ4v) is 2.97. The van der Waals surface area contributed by atoms with E-state index in [1.165, 1.54) is 18.4 Å². The smallest absolute Gasteiger partial charge is 0.191 e. The third-order valence-electron chi connectivity index (χ3n) is 3.23. The first-order valence-electron chi connectivity index (χ1n) is 7.30. The first-order chi connectivity index (χ1) is 10.7. The van der Waals surface area contributed by atoms with Crippen LogP contribution in [0.1, 0.15) is 18.9 Å². The minimum Gasteiger partial charge on any atom is -0.356 e. The first-order valence-corrected chi connectivity index (χ1v) is 9.74. The lowest BCUT2D eigenvalue weighted by atomic mass is 10.1. The second-order valence-corrected chi connectivity index (χ2v) is 8.12. The molecule has 0 aromatic heterocycles. The Hall–Kier alpha value is -0.610. The molecule has 138 valence electrons. The zero-order valence-electron chi connectivity index (χ0n) is 14.0. The summed E-state index contributed by atoms with van der Waals surface area (Å²) in [6.07, 6.45) is 2.35. The monoisotopic (exact) mass is 491 g/mol. The van der Waals surface area contributed by atoms with Gasteiger partial charge < -0.3 is 10.6 Å². The van der Waals surface area contributed by atoms with Gasteiger partial charge >= 0.3 is 0 Å². The summed E-state index contributed by atoms with van der Waals surface area (Å²) in [6.45, 7) is 2.47. The minimum atomic E-state index is -2.97. The van der Waals surface area contributed by atoms with E-state index in [1.54, 1.807) is 13.1 Å². The van der Waals surface area contributed by atoms with Crippen LogP contribution in [0.4, 0.5) is 4.39 Å². The van der Waals surface area contributed by atoms with Crippen LogP contribution >= 0.6 is 35.6 Å². The van der Waals surface area contributed by atoms with Gasteiger partial charge in [0.15, 0.2) is 5.96 Å².